The molecule has 0 bridgehead atoms. The van der Waals surface area contributed by atoms with Crippen molar-refractivity contribution in [1.29, 1.82) is 0 Å². The molecule has 1 aromatic carbocycles. The molecule has 3 nitrogen and oxygen atoms in total. The van der Waals surface area contributed by atoms with Crippen molar-refractivity contribution in [2.75, 3.05) is 0 Å². The average Bonchev–Trinajstić information content (AvgIpc) is 2.08. The van der Waals surface area contributed by atoms with E-state index in [1.165, 1.54) is 37.3 Å². The van der Waals surface area contributed by atoms with Crippen molar-refractivity contribution in [2.45, 2.75) is 6.92 Å². The third kappa shape index (κ3) is 2.66. The van der Waals surface area contributed by atoms with Crippen LogP contribution in [0.15, 0.2) is 30.0 Å². The van der Waals surface area contributed by atoms with E-state index in [2.05, 4.69) is 0 Å². The van der Waals surface area contributed by atoms with Crippen molar-refractivity contribution in [3.05, 3.63) is 51.5 Å². The van der Waals surface area contributed by atoms with Gasteiger partial charge in [0.25, 0.3) is 0 Å². The van der Waals surface area contributed by atoms with Gasteiger partial charge in [-0.25, -0.2) is 4.39 Å². The van der Waals surface area contributed by atoms with E-state index >= 15 is 0 Å². The molecule has 0 aliphatic rings. The lowest BCUT2D eigenvalue weighted by atomic mass is 10.2. The number of nitro groups is 1. The van der Waals surface area contributed by atoms with Crippen LogP contribution in [0.3, 0.4) is 0 Å². The maximum Gasteiger partial charge on any atom is 0.243 e. The van der Waals surface area contributed by atoms with Crippen molar-refractivity contribution >= 4 is 6.08 Å². The second-order valence-electron chi connectivity index (χ2n) is 2.59. The third-order valence-corrected chi connectivity index (χ3v) is 1.53. The minimum Gasteiger partial charge on any atom is -0.259 e. The predicted octanol–water partition coefficient (Wildman–Crippen LogP) is 2.46. The largest absolute Gasteiger partial charge is 0.259 e. The van der Waals surface area contributed by atoms with Crippen molar-refractivity contribution in [1.82, 2.24) is 0 Å². The number of rotatable bonds is 2. The van der Waals surface area contributed by atoms with Gasteiger partial charge in [-0.2, -0.15) is 0 Å². The summed E-state index contributed by atoms with van der Waals surface area (Å²) in [4.78, 5) is 9.75. The molecule has 0 unspecified atom stereocenters. The highest BCUT2D eigenvalue weighted by Gasteiger charge is 2.01. The first-order valence-corrected chi connectivity index (χ1v) is 3.68. The Morgan fingerprint density at radius 3 is 2.46 bits per heavy atom. The van der Waals surface area contributed by atoms with Gasteiger partial charge in [-0.3, -0.25) is 10.1 Å². The minimum atomic E-state index is -0.483. The van der Waals surface area contributed by atoms with Crippen molar-refractivity contribution < 1.29 is 9.31 Å². The molecule has 1 aromatic rings. The summed E-state index contributed by atoms with van der Waals surface area (Å²) in [5.41, 5.74) is 0.655. The molecule has 4 heteroatoms. The standard InChI is InChI=1S/C9H8FNO2/c1-7(11(12)13)6-8-2-4-9(10)5-3-8/h2-6H,1H3. The van der Waals surface area contributed by atoms with Gasteiger partial charge in [-0.15, -0.1) is 0 Å². The molecule has 0 fully saturated rings. The first-order valence-electron chi connectivity index (χ1n) is 3.68. The third-order valence-electron chi connectivity index (χ3n) is 1.53. The summed E-state index contributed by atoms with van der Waals surface area (Å²) >= 11 is 0. The molecule has 13 heavy (non-hydrogen) atoms. The summed E-state index contributed by atoms with van der Waals surface area (Å²) in [6, 6.07) is 5.50. The van der Waals surface area contributed by atoms with Gasteiger partial charge in [0, 0.05) is 13.0 Å². The number of hydrogen-bond acceptors (Lipinski definition) is 2. The summed E-state index contributed by atoms with van der Waals surface area (Å²) in [5.74, 6) is -0.351. The van der Waals surface area contributed by atoms with Crippen molar-refractivity contribution in [3.63, 3.8) is 0 Å². The zero-order valence-electron chi connectivity index (χ0n) is 7.03. The van der Waals surface area contributed by atoms with Crippen LogP contribution >= 0.6 is 0 Å². The van der Waals surface area contributed by atoms with Gasteiger partial charge >= 0.3 is 0 Å². The first-order chi connectivity index (χ1) is 6.09. The van der Waals surface area contributed by atoms with Gasteiger partial charge in [0.2, 0.25) is 5.70 Å². The Bertz CT molecular complexity index is 343. The van der Waals surface area contributed by atoms with Crippen molar-refractivity contribution in [2.24, 2.45) is 0 Å². The van der Waals surface area contributed by atoms with Gasteiger partial charge < -0.3 is 0 Å². The summed E-state index contributed by atoms with van der Waals surface area (Å²) in [5, 5.41) is 10.2. The lowest BCUT2D eigenvalue weighted by Gasteiger charge is -1.92. The van der Waals surface area contributed by atoms with E-state index in [0.717, 1.165) is 0 Å². The average molecular weight is 181 g/mol. The Morgan fingerprint density at radius 1 is 1.46 bits per heavy atom. The van der Waals surface area contributed by atoms with Crippen LogP contribution < -0.4 is 0 Å². The van der Waals surface area contributed by atoms with Gasteiger partial charge in [0.15, 0.2) is 0 Å². The van der Waals surface area contributed by atoms with E-state index in [1.54, 1.807) is 0 Å². The smallest absolute Gasteiger partial charge is 0.243 e. The van der Waals surface area contributed by atoms with Crippen LogP contribution in [0.1, 0.15) is 12.5 Å². The second kappa shape index (κ2) is 3.80. The second-order valence-corrected chi connectivity index (χ2v) is 2.59. The molecule has 0 heterocycles. The molecule has 0 saturated heterocycles. The fourth-order valence-corrected chi connectivity index (χ4v) is 0.853. The molecular weight excluding hydrogens is 173 g/mol. The normalized spacial score (nSPS) is 11.4. The molecular formula is C9H8FNO2. The fourth-order valence-electron chi connectivity index (χ4n) is 0.853. The molecule has 68 valence electrons. The molecule has 0 aliphatic heterocycles. The Hall–Kier alpha value is -1.71. The monoisotopic (exact) mass is 181 g/mol. The summed E-state index contributed by atoms with van der Waals surface area (Å²) in [7, 11) is 0. The van der Waals surface area contributed by atoms with Gasteiger partial charge in [0.1, 0.15) is 5.82 Å². The molecule has 0 spiro atoms. The van der Waals surface area contributed by atoms with E-state index in [9.17, 15) is 14.5 Å². The maximum atomic E-state index is 12.4. The summed E-state index contributed by atoms with van der Waals surface area (Å²) < 4.78 is 12.4. The topological polar surface area (TPSA) is 43.1 Å². The zero-order chi connectivity index (χ0) is 9.84. The van der Waals surface area contributed by atoms with Crippen molar-refractivity contribution in [3.8, 4) is 0 Å². The Balaban J connectivity index is 2.92. The van der Waals surface area contributed by atoms with Crippen LogP contribution in [0.5, 0.6) is 0 Å². The molecule has 0 atom stereocenters. The molecule has 0 aromatic heterocycles. The lowest BCUT2D eigenvalue weighted by Crippen LogP contribution is -1.92. The highest BCUT2D eigenvalue weighted by atomic mass is 19.1. The van der Waals surface area contributed by atoms with Gasteiger partial charge in [-0.05, 0) is 17.7 Å². The Morgan fingerprint density at radius 2 is 2.00 bits per heavy atom. The van der Waals surface area contributed by atoms with E-state index in [4.69, 9.17) is 0 Å². The minimum absolute atomic E-state index is 0.0339. The Labute approximate surface area is 74.7 Å². The number of nitrogens with zero attached hydrogens (tertiary/aromatic N) is 1. The van der Waals surface area contributed by atoms with Crippen LogP contribution in [-0.2, 0) is 0 Å². The van der Waals surface area contributed by atoms with Crippen LogP contribution in [-0.4, -0.2) is 4.92 Å². The SMILES string of the molecule is CC(=Cc1ccc(F)cc1)[N+](=O)[O-]. The number of benzene rings is 1. The summed E-state index contributed by atoms with van der Waals surface area (Å²) in [6.45, 7) is 1.39. The number of allylic oxidation sites excluding steroid dienone is 1. The molecule has 0 radical (unpaired) electrons. The molecule has 0 aliphatic carbocycles. The lowest BCUT2D eigenvalue weighted by molar-refractivity contribution is -0.422. The van der Waals surface area contributed by atoms with Gasteiger partial charge in [-0.1, -0.05) is 12.1 Å². The number of halogens is 1. The van der Waals surface area contributed by atoms with Crippen LogP contribution in [0.25, 0.3) is 6.08 Å². The van der Waals surface area contributed by atoms with Crippen LogP contribution in [0.4, 0.5) is 4.39 Å². The van der Waals surface area contributed by atoms with E-state index < -0.39 is 4.92 Å². The van der Waals surface area contributed by atoms with Gasteiger partial charge in [0.05, 0.1) is 4.92 Å². The van der Waals surface area contributed by atoms with Crippen LogP contribution in [0.2, 0.25) is 0 Å². The highest BCUT2D eigenvalue weighted by Crippen LogP contribution is 2.07. The first kappa shape index (κ1) is 9.38. The predicted molar refractivity (Wildman–Crippen MR) is 47.0 cm³/mol. The molecule has 1 rings (SSSR count). The highest BCUT2D eigenvalue weighted by molar-refractivity contribution is 5.50. The Kier molecular flexibility index (Phi) is 2.74. The number of hydrogen-bond donors (Lipinski definition) is 0. The quantitative estimate of drug-likeness (QED) is 0.519. The van der Waals surface area contributed by atoms with Crippen LogP contribution in [0, 0.1) is 15.9 Å². The van der Waals surface area contributed by atoms with E-state index in [-0.39, 0.29) is 11.5 Å². The maximum absolute atomic E-state index is 12.4. The van der Waals surface area contributed by atoms with E-state index in [1.807, 2.05) is 0 Å². The zero-order valence-corrected chi connectivity index (χ0v) is 7.03. The molecule has 0 amide bonds. The fraction of sp³-hybridized carbons (Fsp3) is 0.111. The summed E-state index contributed by atoms with van der Waals surface area (Å²) in [6.07, 6.45) is 1.39. The molecule has 0 N–H and O–H groups in total. The molecule has 0 saturated carbocycles. The van der Waals surface area contributed by atoms with E-state index in [0.29, 0.717) is 5.56 Å².